The largest absolute Gasteiger partial charge is 0.372 e. The van der Waals surface area contributed by atoms with E-state index in [4.69, 9.17) is 9.47 Å². The molecule has 1 rings (SSSR count). The molecular weight excluding hydrogens is 180 g/mol. The van der Waals surface area contributed by atoms with Crippen LogP contribution in [-0.4, -0.2) is 30.2 Å². The summed E-state index contributed by atoms with van der Waals surface area (Å²) in [6.45, 7) is 7.94. The van der Waals surface area contributed by atoms with Gasteiger partial charge in [-0.05, 0) is 27.7 Å². The molecule has 14 heavy (non-hydrogen) atoms. The first-order chi connectivity index (χ1) is 6.37. The van der Waals surface area contributed by atoms with Crippen LogP contribution in [0.15, 0.2) is 0 Å². The molecule has 0 aliphatic heterocycles. The van der Waals surface area contributed by atoms with E-state index in [-0.39, 0.29) is 24.1 Å². The molecule has 0 aromatic heterocycles. The monoisotopic (exact) mass is 200 g/mol. The number of Topliss-reactive ketones (excluding diaryl/α,β-unsaturated/α-hetero) is 1. The molecule has 0 radical (unpaired) electrons. The maximum atomic E-state index is 10.6. The maximum Gasteiger partial charge on any atom is 0.155 e. The normalized spacial score (nSPS) is 27.1. The topological polar surface area (TPSA) is 35.5 Å². The average molecular weight is 200 g/mol. The Kier molecular flexibility index (Phi) is 3.67. The van der Waals surface area contributed by atoms with Crippen molar-refractivity contribution in [2.24, 2.45) is 0 Å². The van der Waals surface area contributed by atoms with Gasteiger partial charge in [-0.2, -0.15) is 0 Å². The van der Waals surface area contributed by atoms with E-state index in [0.717, 1.165) is 12.8 Å². The first kappa shape index (κ1) is 11.7. The molecule has 0 saturated heterocycles. The van der Waals surface area contributed by atoms with E-state index < -0.39 is 0 Å². The fraction of sp³-hybridized carbons (Fsp3) is 0.909. The zero-order valence-electron chi connectivity index (χ0n) is 9.50. The van der Waals surface area contributed by atoms with Crippen molar-refractivity contribution in [1.29, 1.82) is 0 Å². The molecule has 3 nitrogen and oxygen atoms in total. The second kappa shape index (κ2) is 4.41. The summed E-state index contributed by atoms with van der Waals surface area (Å²) in [6.07, 6.45) is 2.38. The molecule has 0 bridgehead atoms. The molecule has 0 amide bonds. The molecule has 1 aliphatic carbocycles. The van der Waals surface area contributed by atoms with Crippen LogP contribution < -0.4 is 0 Å². The Labute approximate surface area is 85.8 Å². The molecule has 1 fully saturated rings. The van der Waals surface area contributed by atoms with Crippen LogP contribution in [0.3, 0.4) is 0 Å². The van der Waals surface area contributed by atoms with Crippen LogP contribution >= 0.6 is 0 Å². The Hall–Kier alpha value is -0.410. The Bertz CT molecular complexity index is 199. The summed E-state index contributed by atoms with van der Waals surface area (Å²) >= 11 is 0. The van der Waals surface area contributed by atoms with Crippen LogP contribution in [0.1, 0.15) is 40.5 Å². The SMILES string of the molecule is CC(=O)COC1CC(OC(C)(C)C)C1. The summed E-state index contributed by atoms with van der Waals surface area (Å²) in [5.41, 5.74) is -0.0732. The van der Waals surface area contributed by atoms with Gasteiger partial charge in [0.25, 0.3) is 0 Å². The maximum absolute atomic E-state index is 10.6. The molecule has 0 unspecified atom stereocenters. The van der Waals surface area contributed by atoms with E-state index in [1.165, 1.54) is 0 Å². The number of carbonyl (C=O) groups is 1. The van der Waals surface area contributed by atoms with Crippen molar-refractivity contribution in [3.8, 4) is 0 Å². The van der Waals surface area contributed by atoms with E-state index in [1.54, 1.807) is 6.92 Å². The fourth-order valence-corrected chi connectivity index (χ4v) is 1.48. The summed E-state index contributed by atoms with van der Waals surface area (Å²) in [7, 11) is 0. The van der Waals surface area contributed by atoms with E-state index in [1.807, 2.05) is 0 Å². The van der Waals surface area contributed by atoms with Crippen LogP contribution in [0, 0.1) is 0 Å². The van der Waals surface area contributed by atoms with Gasteiger partial charge in [0.2, 0.25) is 0 Å². The van der Waals surface area contributed by atoms with Gasteiger partial charge in [0.05, 0.1) is 17.8 Å². The van der Waals surface area contributed by atoms with E-state index in [0.29, 0.717) is 6.10 Å². The van der Waals surface area contributed by atoms with Crippen molar-refractivity contribution in [2.45, 2.75) is 58.3 Å². The molecule has 0 heterocycles. The van der Waals surface area contributed by atoms with Gasteiger partial charge in [0.1, 0.15) is 6.61 Å². The smallest absolute Gasteiger partial charge is 0.155 e. The fourth-order valence-electron chi connectivity index (χ4n) is 1.48. The summed E-state index contributed by atoms with van der Waals surface area (Å²) < 4.78 is 11.1. The van der Waals surface area contributed by atoms with Gasteiger partial charge in [-0.1, -0.05) is 0 Å². The quantitative estimate of drug-likeness (QED) is 0.695. The van der Waals surface area contributed by atoms with E-state index in [9.17, 15) is 4.79 Å². The van der Waals surface area contributed by atoms with Crippen LogP contribution in [0.4, 0.5) is 0 Å². The lowest BCUT2D eigenvalue weighted by Gasteiger charge is -2.38. The third-order valence-corrected chi connectivity index (χ3v) is 2.09. The first-order valence-electron chi connectivity index (χ1n) is 5.15. The highest BCUT2D eigenvalue weighted by Crippen LogP contribution is 2.29. The molecule has 0 N–H and O–H groups in total. The molecule has 3 heteroatoms. The average Bonchev–Trinajstić information content (AvgIpc) is 1.90. The van der Waals surface area contributed by atoms with Crippen molar-refractivity contribution < 1.29 is 14.3 Å². The van der Waals surface area contributed by atoms with Crippen molar-refractivity contribution in [3.05, 3.63) is 0 Å². The second-order valence-corrected chi connectivity index (χ2v) is 4.96. The van der Waals surface area contributed by atoms with Gasteiger partial charge in [0, 0.05) is 12.8 Å². The Balaban J connectivity index is 2.09. The minimum atomic E-state index is -0.0732. The van der Waals surface area contributed by atoms with Gasteiger partial charge in [-0.25, -0.2) is 0 Å². The summed E-state index contributed by atoms with van der Waals surface area (Å²) in [4.78, 5) is 10.6. The highest BCUT2D eigenvalue weighted by molar-refractivity contribution is 5.76. The molecule has 82 valence electrons. The third-order valence-electron chi connectivity index (χ3n) is 2.09. The predicted octanol–water partition coefficient (Wildman–Crippen LogP) is 1.94. The molecule has 1 saturated carbocycles. The van der Waals surface area contributed by atoms with Gasteiger partial charge in [0.15, 0.2) is 5.78 Å². The number of carbonyl (C=O) groups excluding carboxylic acids is 1. The van der Waals surface area contributed by atoms with Crippen molar-refractivity contribution in [3.63, 3.8) is 0 Å². The highest BCUT2D eigenvalue weighted by Gasteiger charge is 2.33. The van der Waals surface area contributed by atoms with Crippen molar-refractivity contribution in [1.82, 2.24) is 0 Å². The number of hydrogen-bond acceptors (Lipinski definition) is 3. The zero-order valence-corrected chi connectivity index (χ0v) is 9.50. The van der Waals surface area contributed by atoms with Crippen LogP contribution in [-0.2, 0) is 14.3 Å². The van der Waals surface area contributed by atoms with E-state index >= 15 is 0 Å². The number of rotatable bonds is 4. The predicted molar refractivity (Wildman–Crippen MR) is 54.3 cm³/mol. The van der Waals surface area contributed by atoms with Crippen molar-refractivity contribution >= 4 is 5.78 Å². The van der Waals surface area contributed by atoms with Crippen LogP contribution in [0.2, 0.25) is 0 Å². The van der Waals surface area contributed by atoms with Gasteiger partial charge >= 0.3 is 0 Å². The first-order valence-corrected chi connectivity index (χ1v) is 5.15. The summed E-state index contributed by atoms with van der Waals surface area (Å²) in [5, 5.41) is 0. The molecule has 1 aliphatic rings. The minimum Gasteiger partial charge on any atom is -0.372 e. The molecule has 0 spiro atoms. The number of hydrogen-bond donors (Lipinski definition) is 0. The highest BCUT2D eigenvalue weighted by atomic mass is 16.5. The summed E-state index contributed by atoms with van der Waals surface area (Å²) in [5.74, 6) is 0.0881. The lowest BCUT2D eigenvalue weighted by molar-refractivity contribution is -0.154. The van der Waals surface area contributed by atoms with Gasteiger partial charge in [-0.3, -0.25) is 4.79 Å². The molecular formula is C11H20O3. The number of ketones is 1. The Morgan fingerprint density at radius 3 is 2.29 bits per heavy atom. The van der Waals surface area contributed by atoms with Crippen LogP contribution in [0.5, 0.6) is 0 Å². The van der Waals surface area contributed by atoms with Crippen LogP contribution in [0.25, 0.3) is 0 Å². The summed E-state index contributed by atoms with van der Waals surface area (Å²) in [6, 6.07) is 0. The van der Waals surface area contributed by atoms with Crippen molar-refractivity contribution in [2.75, 3.05) is 6.61 Å². The lowest BCUT2D eigenvalue weighted by atomic mass is 9.91. The second-order valence-electron chi connectivity index (χ2n) is 4.96. The molecule has 0 aromatic carbocycles. The molecule has 0 aromatic rings. The number of ether oxygens (including phenoxy) is 2. The standard InChI is InChI=1S/C11H20O3/c1-8(12)7-13-9-5-10(6-9)14-11(2,3)4/h9-10H,5-7H2,1-4H3. The zero-order chi connectivity index (χ0) is 10.8. The Morgan fingerprint density at radius 1 is 1.29 bits per heavy atom. The van der Waals surface area contributed by atoms with Gasteiger partial charge < -0.3 is 9.47 Å². The Morgan fingerprint density at radius 2 is 1.86 bits per heavy atom. The lowest BCUT2D eigenvalue weighted by Crippen LogP contribution is -2.42. The minimum absolute atomic E-state index is 0.0732. The van der Waals surface area contributed by atoms with Gasteiger partial charge in [-0.15, -0.1) is 0 Å². The molecule has 0 atom stereocenters. The van der Waals surface area contributed by atoms with E-state index in [2.05, 4.69) is 20.8 Å². The third kappa shape index (κ3) is 4.20.